The maximum atomic E-state index is 14.0. The van der Waals surface area contributed by atoms with E-state index in [1.165, 1.54) is 13.2 Å². The van der Waals surface area contributed by atoms with E-state index >= 15 is 0 Å². The molecule has 1 aromatic rings. The smallest absolute Gasteiger partial charge is 0.340 e. The van der Waals surface area contributed by atoms with E-state index in [-0.39, 0.29) is 22.4 Å². The van der Waals surface area contributed by atoms with Crippen molar-refractivity contribution >= 4 is 17.3 Å². The van der Waals surface area contributed by atoms with Crippen molar-refractivity contribution in [3.8, 4) is 0 Å². The number of ether oxygens (including phenoxy) is 2. The molecule has 1 saturated heterocycles. The summed E-state index contributed by atoms with van der Waals surface area (Å²) in [4.78, 5) is 11.6. The van der Waals surface area contributed by atoms with Gasteiger partial charge in [-0.1, -0.05) is 6.92 Å². The Labute approximate surface area is 123 Å². The van der Waals surface area contributed by atoms with Crippen LogP contribution in [0.15, 0.2) is 12.1 Å². The minimum atomic E-state index is -0.576. The highest BCUT2D eigenvalue weighted by molar-refractivity contribution is 5.96. The van der Waals surface area contributed by atoms with Gasteiger partial charge in [0, 0.05) is 25.4 Å². The number of nitrogen functional groups attached to an aromatic ring is 1. The first-order valence-electron chi connectivity index (χ1n) is 6.94. The Hall–Kier alpha value is -1.82. The van der Waals surface area contributed by atoms with Crippen molar-refractivity contribution in [1.82, 2.24) is 0 Å². The van der Waals surface area contributed by atoms with Gasteiger partial charge in [0.1, 0.15) is 5.82 Å². The number of benzene rings is 1. The Morgan fingerprint density at radius 1 is 1.48 bits per heavy atom. The second-order valence-corrected chi connectivity index (χ2v) is 5.69. The average Bonchev–Trinajstić information content (AvgIpc) is 2.46. The van der Waals surface area contributed by atoms with Gasteiger partial charge in [-0.2, -0.15) is 0 Å². The standard InChI is InChI=1S/C15H21FN2O3/c1-15(3-5-21-6-4-15)9-18-13-7-10(14(19)20-2)12(17)8-11(13)16/h7-8,18H,3-6,9,17H2,1-2H3. The molecule has 3 N–H and O–H groups in total. The van der Waals surface area contributed by atoms with Crippen molar-refractivity contribution in [1.29, 1.82) is 0 Å². The Balaban J connectivity index is 2.14. The summed E-state index contributed by atoms with van der Waals surface area (Å²) < 4.78 is 23.9. The molecule has 0 aliphatic carbocycles. The monoisotopic (exact) mass is 296 g/mol. The van der Waals surface area contributed by atoms with Gasteiger partial charge in [0.25, 0.3) is 0 Å². The van der Waals surface area contributed by atoms with Crippen molar-refractivity contribution in [2.24, 2.45) is 5.41 Å². The molecule has 0 atom stereocenters. The molecule has 0 radical (unpaired) electrons. The first-order chi connectivity index (χ1) is 9.95. The average molecular weight is 296 g/mol. The number of hydrogen-bond acceptors (Lipinski definition) is 5. The van der Waals surface area contributed by atoms with E-state index in [9.17, 15) is 9.18 Å². The van der Waals surface area contributed by atoms with Crippen LogP contribution in [0, 0.1) is 11.2 Å². The zero-order valence-electron chi connectivity index (χ0n) is 12.4. The Morgan fingerprint density at radius 2 is 2.14 bits per heavy atom. The van der Waals surface area contributed by atoms with E-state index < -0.39 is 11.8 Å². The van der Waals surface area contributed by atoms with Gasteiger partial charge in [-0.15, -0.1) is 0 Å². The van der Waals surface area contributed by atoms with Gasteiger partial charge in [0.2, 0.25) is 0 Å². The van der Waals surface area contributed by atoms with Gasteiger partial charge in [-0.3, -0.25) is 0 Å². The fourth-order valence-electron chi connectivity index (χ4n) is 2.36. The third kappa shape index (κ3) is 3.64. The molecule has 1 aliphatic rings. The van der Waals surface area contributed by atoms with Crippen LogP contribution in [0.1, 0.15) is 30.1 Å². The van der Waals surface area contributed by atoms with E-state index in [0.29, 0.717) is 6.54 Å². The summed E-state index contributed by atoms with van der Waals surface area (Å²) in [6, 6.07) is 2.54. The molecule has 6 heteroatoms. The summed E-state index contributed by atoms with van der Waals surface area (Å²) in [5.41, 5.74) is 6.20. The maximum Gasteiger partial charge on any atom is 0.340 e. The Kier molecular flexibility index (Phi) is 4.67. The third-order valence-electron chi connectivity index (χ3n) is 3.95. The van der Waals surface area contributed by atoms with Crippen LogP contribution in [0.2, 0.25) is 0 Å². The predicted molar refractivity (Wildman–Crippen MR) is 78.8 cm³/mol. The Morgan fingerprint density at radius 3 is 2.76 bits per heavy atom. The number of anilines is 2. The summed E-state index contributed by atoms with van der Waals surface area (Å²) in [7, 11) is 1.27. The lowest BCUT2D eigenvalue weighted by atomic mass is 9.82. The molecule has 1 heterocycles. The SMILES string of the molecule is COC(=O)c1cc(NCC2(C)CCOCC2)c(F)cc1N. The maximum absolute atomic E-state index is 14.0. The number of carbonyl (C=O) groups is 1. The fourth-order valence-corrected chi connectivity index (χ4v) is 2.36. The lowest BCUT2D eigenvalue weighted by Gasteiger charge is -2.34. The summed E-state index contributed by atoms with van der Waals surface area (Å²) in [6.07, 6.45) is 1.83. The molecule has 2 rings (SSSR count). The Bertz CT molecular complexity index is 528. The molecule has 1 aliphatic heterocycles. The molecule has 0 amide bonds. The van der Waals surface area contributed by atoms with Crippen molar-refractivity contribution in [3.63, 3.8) is 0 Å². The van der Waals surface area contributed by atoms with Gasteiger partial charge in [-0.05, 0) is 30.4 Å². The minimum absolute atomic E-state index is 0.0531. The molecule has 1 aromatic carbocycles. The van der Waals surface area contributed by atoms with Crippen LogP contribution >= 0.6 is 0 Å². The normalized spacial score (nSPS) is 17.3. The molecular weight excluding hydrogens is 275 g/mol. The molecule has 0 bridgehead atoms. The van der Waals surface area contributed by atoms with Gasteiger partial charge in [0.15, 0.2) is 0 Å². The van der Waals surface area contributed by atoms with Gasteiger partial charge >= 0.3 is 5.97 Å². The van der Waals surface area contributed by atoms with Crippen molar-refractivity contribution in [3.05, 3.63) is 23.5 Å². The van der Waals surface area contributed by atoms with Gasteiger partial charge in [-0.25, -0.2) is 9.18 Å². The molecule has 0 aromatic heterocycles. The van der Waals surface area contributed by atoms with Crippen LogP contribution in [0.4, 0.5) is 15.8 Å². The quantitative estimate of drug-likeness (QED) is 0.659. The highest BCUT2D eigenvalue weighted by Crippen LogP contribution is 2.31. The van der Waals surface area contributed by atoms with E-state index in [1.54, 1.807) is 0 Å². The summed E-state index contributed by atoms with van der Waals surface area (Å²) in [6.45, 7) is 4.18. The van der Waals surface area contributed by atoms with Crippen LogP contribution < -0.4 is 11.1 Å². The van der Waals surface area contributed by atoms with Crippen LogP contribution in [-0.4, -0.2) is 32.8 Å². The van der Waals surface area contributed by atoms with Crippen LogP contribution in [-0.2, 0) is 9.47 Å². The highest BCUT2D eigenvalue weighted by atomic mass is 19.1. The first-order valence-corrected chi connectivity index (χ1v) is 6.94. The number of carbonyl (C=O) groups excluding carboxylic acids is 1. The van der Waals surface area contributed by atoms with E-state index in [0.717, 1.165) is 32.1 Å². The summed E-state index contributed by atoms with van der Waals surface area (Å²) in [5, 5.41) is 3.08. The van der Waals surface area contributed by atoms with Crippen molar-refractivity contribution in [2.45, 2.75) is 19.8 Å². The molecular formula is C15H21FN2O3. The second-order valence-electron chi connectivity index (χ2n) is 5.69. The van der Waals surface area contributed by atoms with Crippen molar-refractivity contribution in [2.75, 3.05) is 37.9 Å². The van der Waals surface area contributed by atoms with E-state index in [4.69, 9.17) is 10.5 Å². The van der Waals surface area contributed by atoms with Gasteiger partial charge < -0.3 is 20.5 Å². The first kappa shape index (κ1) is 15.6. The number of hydrogen-bond donors (Lipinski definition) is 2. The summed E-state index contributed by atoms with van der Waals surface area (Å²) >= 11 is 0. The number of rotatable bonds is 4. The van der Waals surface area contributed by atoms with Gasteiger partial charge in [0.05, 0.1) is 18.4 Å². The zero-order valence-corrected chi connectivity index (χ0v) is 12.4. The molecule has 5 nitrogen and oxygen atoms in total. The van der Waals surface area contributed by atoms with Crippen molar-refractivity contribution < 1.29 is 18.7 Å². The number of methoxy groups -OCH3 is 1. The number of nitrogens with two attached hydrogens (primary N) is 1. The summed E-state index contributed by atoms with van der Waals surface area (Å²) in [5.74, 6) is -1.05. The number of nitrogens with one attached hydrogen (secondary N) is 1. The van der Waals surface area contributed by atoms with Crippen LogP contribution in [0.25, 0.3) is 0 Å². The zero-order chi connectivity index (χ0) is 15.5. The molecule has 116 valence electrons. The molecule has 21 heavy (non-hydrogen) atoms. The fraction of sp³-hybridized carbons (Fsp3) is 0.533. The van der Waals surface area contributed by atoms with E-state index in [1.807, 2.05) is 0 Å². The molecule has 0 unspecified atom stereocenters. The number of esters is 1. The second kappa shape index (κ2) is 6.30. The minimum Gasteiger partial charge on any atom is -0.465 e. The molecule has 1 fully saturated rings. The molecule has 0 saturated carbocycles. The highest BCUT2D eigenvalue weighted by Gasteiger charge is 2.27. The number of halogens is 1. The predicted octanol–water partition coefficient (Wildman–Crippen LogP) is 2.42. The third-order valence-corrected chi connectivity index (χ3v) is 3.95. The topological polar surface area (TPSA) is 73.6 Å². The van der Waals surface area contributed by atoms with Crippen LogP contribution in [0.3, 0.4) is 0 Å². The van der Waals surface area contributed by atoms with Crippen LogP contribution in [0.5, 0.6) is 0 Å². The lowest BCUT2D eigenvalue weighted by molar-refractivity contribution is 0.0300. The van der Waals surface area contributed by atoms with E-state index in [2.05, 4.69) is 17.0 Å². The molecule has 0 spiro atoms. The lowest BCUT2D eigenvalue weighted by Crippen LogP contribution is -2.33. The largest absolute Gasteiger partial charge is 0.465 e.